The van der Waals surface area contributed by atoms with Crippen molar-refractivity contribution >= 4 is 23.2 Å². The molecule has 0 aliphatic heterocycles. The smallest absolute Gasteiger partial charge is 0.261 e. The molecule has 0 aliphatic carbocycles. The van der Waals surface area contributed by atoms with Gasteiger partial charge in [-0.2, -0.15) is 0 Å². The van der Waals surface area contributed by atoms with Gasteiger partial charge in [0.15, 0.2) is 0 Å². The summed E-state index contributed by atoms with van der Waals surface area (Å²) in [6, 6.07) is 11.9. The number of thiophene rings is 1. The molecule has 2 unspecified atom stereocenters. The molecule has 5 nitrogen and oxygen atoms in total. The largest absolute Gasteiger partial charge is 0.384 e. The maximum Gasteiger partial charge on any atom is 0.261 e. The summed E-state index contributed by atoms with van der Waals surface area (Å²) in [5.74, 6) is -0.622. The van der Waals surface area contributed by atoms with Gasteiger partial charge in [0.25, 0.3) is 5.91 Å². The van der Waals surface area contributed by atoms with Gasteiger partial charge in [-0.1, -0.05) is 36.4 Å². The van der Waals surface area contributed by atoms with Crippen molar-refractivity contribution in [1.82, 2.24) is 10.6 Å². The number of hydrogen-bond acceptors (Lipinski definition) is 4. The third-order valence-electron chi connectivity index (χ3n) is 3.49. The Morgan fingerprint density at radius 1 is 1.22 bits per heavy atom. The van der Waals surface area contributed by atoms with Crippen molar-refractivity contribution < 1.29 is 14.7 Å². The van der Waals surface area contributed by atoms with Crippen LogP contribution >= 0.6 is 11.3 Å². The van der Waals surface area contributed by atoms with Crippen molar-refractivity contribution in [2.75, 3.05) is 6.54 Å². The molecular weight excluding hydrogens is 312 g/mol. The van der Waals surface area contributed by atoms with E-state index in [1.807, 2.05) is 18.2 Å². The highest BCUT2D eigenvalue weighted by atomic mass is 32.1. The van der Waals surface area contributed by atoms with Crippen LogP contribution in [0.2, 0.25) is 0 Å². The Labute approximate surface area is 139 Å². The van der Waals surface area contributed by atoms with Gasteiger partial charge in [0.2, 0.25) is 5.91 Å². The summed E-state index contributed by atoms with van der Waals surface area (Å²) in [5.41, 5.74) is -0.454. The lowest BCUT2D eigenvalue weighted by Crippen LogP contribution is -2.48. The fourth-order valence-corrected chi connectivity index (χ4v) is 2.68. The van der Waals surface area contributed by atoms with E-state index in [0.717, 1.165) is 5.56 Å². The van der Waals surface area contributed by atoms with Crippen molar-refractivity contribution in [3.05, 3.63) is 58.3 Å². The summed E-state index contributed by atoms with van der Waals surface area (Å²) < 4.78 is 0. The van der Waals surface area contributed by atoms with Crippen LogP contribution in [0.15, 0.2) is 47.8 Å². The predicted octanol–water partition coefficient (Wildman–Crippen LogP) is 1.89. The second-order valence-electron chi connectivity index (χ2n) is 5.53. The zero-order valence-electron chi connectivity index (χ0n) is 13.1. The summed E-state index contributed by atoms with van der Waals surface area (Å²) in [6.07, 6.45) is 0. The van der Waals surface area contributed by atoms with Gasteiger partial charge in [-0.15, -0.1) is 11.3 Å². The van der Waals surface area contributed by atoms with Crippen LogP contribution in [0.25, 0.3) is 0 Å². The van der Waals surface area contributed by atoms with Crippen LogP contribution in [-0.4, -0.2) is 29.5 Å². The Bertz CT molecular complexity index is 654. The molecule has 6 heteroatoms. The Morgan fingerprint density at radius 3 is 2.52 bits per heavy atom. The average molecular weight is 332 g/mol. The van der Waals surface area contributed by atoms with Gasteiger partial charge in [0, 0.05) is 0 Å². The third-order valence-corrected chi connectivity index (χ3v) is 4.36. The van der Waals surface area contributed by atoms with E-state index >= 15 is 0 Å². The maximum atomic E-state index is 12.1. The molecule has 1 aromatic carbocycles. The van der Waals surface area contributed by atoms with Gasteiger partial charge in [0.1, 0.15) is 11.6 Å². The van der Waals surface area contributed by atoms with E-state index in [1.54, 1.807) is 43.5 Å². The lowest BCUT2D eigenvalue weighted by Gasteiger charge is -2.25. The van der Waals surface area contributed by atoms with E-state index in [-0.39, 0.29) is 18.4 Å². The zero-order chi connectivity index (χ0) is 16.9. The quantitative estimate of drug-likeness (QED) is 0.756. The van der Waals surface area contributed by atoms with E-state index < -0.39 is 11.6 Å². The van der Waals surface area contributed by atoms with E-state index in [0.29, 0.717) is 4.88 Å². The van der Waals surface area contributed by atoms with Crippen molar-refractivity contribution in [1.29, 1.82) is 0 Å². The molecule has 0 aliphatic rings. The van der Waals surface area contributed by atoms with Crippen molar-refractivity contribution in [3.63, 3.8) is 0 Å². The van der Waals surface area contributed by atoms with Crippen LogP contribution in [0.5, 0.6) is 0 Å². The van der Waals surface area contributed by atoms with Gasteiger partial charge in [0.05, 0.1) is 11.4 Å². The number of nitrogens with one attached hydrogen (secondary N) is 2. The fourth-order valence-electron chi connectivity index (χ4n) is 2.05. The fraction of sp³-hybridized carbons (Fsp3) is 0.294. The monoisotopic (exact) mass is 332 g/mol. The summed E-state index contributed by atoms with van der Waals surface area (Å²) in [6.45, 7) is 3.31. The molecule has 2 rings (SSSR count). The second kappa shape index (κ2) is 7.39. The number of benzene rings is 1. The number of amides is 2. The third kappa shape index (κ3) is 4.64. The topological polar surface area (TPSA) is 78.4 Å². The van der Waals surface area contributed by atoms with Gasteiger partial charge in [-0.05, 0) is 30.9 Å². The summed E-state index contributed by atoms with van der Waals surface area (Å²) >= 11 is 1.32. The maximum absolute atomic E-state index is 12.1. The zero-order valence-corrected chi connectivity index (χ0v) is 13.9. The Morgan fingerprint density at radius 2 is 1.91 bits per heavy atom. The molecule has 1 heterocycles. The minimum absolute atomic E-state index is 0.0645. The molecule has 2 amide bonds. The molecule has 0 saturated heterocycles. The highest BCUT2D eigenvalue weighted by Crippen LogP contribution is 2.18. The number of aliphatic hydroxyl groups is 1. The van der Waals surface area contributed by atoms with Gasteiger partial charge >= 0.3 is 0 Å². The number of carbonyl (C=O) groups is 2. The number of carbonyl (C=O) groups excluding carboxylic acids is 2. The molecule has 122 valence electrons. The van der Waals surface area contributed by atoms with Crippen LogP contribution in [-0.2, 0) is 10.4 Å². The number of rotatable bonds is 6. The highest BCUT2D eigenvalue weighted by molar-refractivity contribution is 7.12. The first kappa shape index (κ1) is 17.2. The molecule has 23 heavy (non-hydrogen) atoms. The van der Waals surface area contributed by atoms with Crippen molar-refractivity contribution in [2.45, 2.75) is 25.5 Å². The minimum atomic E-state index is -1.17. The van der Waals surface area contributed by atoms with Crippen LogP contribution in [0.4, 0.5) is 0 Å². The molecule has 2 atom stereocenters. The molecule has 0 bridgehead atoms. The normalized spacial score (nSPS) is 14.6. The molecule has 0 saturated carbocycles. The molecule has 0 spiro atoms. The van der Waals surface area contributed by atoms with Gasteiger partial charge < -0.3 is 15.7 Å². The second-order valence-corrected chi connectivity index (χ2v) is 6.48. The van der Waals surface area contributed by atoms with Crippen molar-refractivity contribution in [3.8, 4) is 0 Å². The standard InChI is InChI=1S/C17H20N2O3S/c1-12(19-16(21)14-9-6-10-23-14)15(20)18-11-17(2,22)13-7-4-3-5-8-13/h3-10,12,22H,11H2,1-2H3,(H,18,20)(H,19,21). The molecule has 3 N–H and O–H groups in total. The van der Waals surface area contributed by atoms with E-state index in [4.69, 9.17) is 0 Å². The SMILES string of the molecule is CC(NC(=O)c1cccs1)C(=O)NCC(C)(O)c1ccccc1. The predicted molar refractivity (Wildman–Crippen MR) is 90.3 cm³/mol. The molecule has 0 fully saturated rings. The minimum Gasteiger partial charge on any atom is -0.384 e. The summed E-state index contributed by atoms with van der Waals surface area (Å²) in [5, 5.41) is 17.6. The first-order valence-corrected chi connectivity index (χ1v) is 8.18. The first-order chi connectivity index (χ1) is 10.9. The lowest BCUT2D eigenvalue weighted by molar-refractivity contribution is -0.123. The molecule has 0 radical (unpaired) electrons. The molecule has 1 aromatic heterocycles. The van der Waals surface area contributed by atoms with Gasteiger partial charge in [-0.25, -0.2) is 0 Å². The first-order valence-electron chi connectivity index (χ1n) is 7.30. The van der Waals surface area contributed by atoms with E-state index in [2.05, 4.69) is 10.6 Å². The Hall–Kier alpha value is -2.18. The Kier molecular flexibility index (Phi) is 5.52. The average Bonchev–Trinajstić information content (AvgIpc) is 3.08. The number of hydrogen-bond donors (Lipinski definition) is 3. The van der Waals surface area contributed by atoms with E-state index in [1.165, 1.54) is 11.3 Å². The molecule has 2 aromatic rings. The van der Waals surface area contributed by atoms with Crippen molar-refractivity contribution in [2.24, 2.45) is 0 Å². The summed E-state index contributed by atoms with van der Waals surface area (Å²) in [7, 11) is 0. The van der Waals surface area contributed by atoms with Crippen LogP contribution in [0, 0.1) is 0 Å². The van der Waals surface area contributed by atoms with Crippen LogP contribution in [0.3, 0.4) is 0 Å². The highest BCUT2D eigenvalue weighted by Gasteiger charge is 2.25. The summed E-state index contributed by atoms with van der Waals surface area (Å²) in [4.78, 5) is 24.6. The Balaban J connectivity index is 1.87. The molecular formula is C17H20N2O3S. The van der Waals surface area contributed by atoms with Gasteiger partial charge in [-0.3, -0.25) is 9.59 Å². The van der Waals surface area contributed by atoms with Crippen LogP contribution in [0.1, 0.15) is 29.1 Å². The lowest BCUT2D eigenvalue weighted by atomic mass is 9.96. The van der Waals surface area contributed by atoms with Crippen LogP contribution < -0.4 is 10.6 Å². The van der Waals surface area contributed by atoms with E-state index in [9.17, 15) is 14.7 Å².